The van der Waals surface area contributed by atoms with Gasteiger partial charge in [-0.2, -0.15) is 0 Å². The monoisotopic (exact) mass is 311 g/mol. The number of hydrogen-bond donors (Lipinski definition) is 0. The minimum absolute atomic E-state index is 0.889. The Kier molecular flexibility index (Phi) is 4.98. The second kappa shape index (κ2) is 6.50. The smallest absolute Gasteiger partial charge is 0.133 e. The molecule has 2 rings (SSSR count). The van der Waals surface area contributed by atoms with E-state index in [0.29, 0.717) is 0 Å². The zero-order chi connectivity index (χ0) is 13.0. The first kappa shape index (κ1) is 13.8. The minimum atomic E-state index is 0.889. The van der Waals surface area contributed by atoms with Crippen molar-refractivity contribution in [2.45, 2.75) is 46.0 Å². The summed E-state index contributed by atoms with van der Waals surface area (Å²) >= 11 is 3.51. The molecule has 1 aliphatic rings. The van der Waals surface area contributed by atoms with Crippen molar-refractivity contribution in [1.82, 2.24) is 9.97 Å². The van der Waals surface area contributed by atoms with E-state index < -0.39 is 0 Å². The molecular weight excluding hydrogens is 290 g/mol. The Hall–Kier alpha value is -0.640. The third kappa shape index (κ3) is 3.94. The van der Waals surface area contributed by atoms with Crippen LogP contribution in [0.25, 0.3) is 0 Å². The van der Waals surface area contributed by atoms with Crippen LogP contribution >= 0.6 is 15.9 Å². The van der Waals surface area contributed by atoms with Crippen LogP contribution in [-0.2, 0) is 6.42 Å². The first-order valence-electron chi connectivity index (χ1n) is 7.01. The Labute approximate surface area is 118 Å². The highest BCUT2D eigenvalue weighted by atomic mass is 79.9. The molecular formula is C14H22BrN3. The average molecular weight is 312 g/mol. The molecule has 0 spiro atoms. The zero-order valence-electron chi connectivity index (χ0n) is 11.3. The fourth-order valence-corrected chi connectivity index (χ4v) is 2.54. The fourth-order valence-electron chi connectivity index (χ4n) is 2.13. The Morgan fingerprint density at radius 1 is 1.28 bits per heavy atom. The van der Waals surface area contributed by atoms with Crippen LogP contribution in [0.15, 0.2) is 10.7 Å². The first-order chi connectivity index (χ1) is 8.72. The Morgan fingerprint density at radius 2 is 2.06 bits per heavy atom. The molecule has 0 unspecified atom stereocenters. The number of nitrogens with zero attached hydrogens (tertiary/aromatic N) is 3. The summed E-state index contributed by atoms with van der Waals surface area (Å²) in [4.78, 5) is 11.6. The topological polar surface area (TPSA) is 29.0 Å². The molecule has 1 heterocycles. The molecule has 1 aromatic heterocycles. The standard InChI is InChI=1S/C14H22BrN3/c1-3-5-13-16-12(15)9-14(17-13)18(8-4-2)10-11-6-7-11/h9,11H,3-8,10H2,1-2H3. The van der Waals surface area contributed by atoms with E-state index in [1.54, 1.807) is 0 Å². The van der Waals surface area contributed by atoms with Gasteiger partial charge in [-0.05, 0) is 47.5 Å². The van der Waals surface area contributed by atoms with Crippen LogP contribution in [0.5, 0.6) is 0 Å². The van der Waals surface area contributed by atoms with Gasteiger partial charge in [-0.25, -0.2) is 9.97 Å². The lowest BCUT2D eigenvalue weighted by Gasteiger charge is -2.23. The molecule has 0 aromatic carbocycles. The summed E-state index contributed by atoms with van der Waals surface area (Å²) in [7, 11) is 0. The van der Waals surface area contributed by atoms with Crippen LogP contribution in [0.2, 0.25) is 0 Å². The van der Waals surface area contributed by atoms with Gasteiger partial charge in [-0.15, -0.1) is 0 Å². The number of halogens is 1. The number of rotatable bonds is 7. The number of hydrogen-bond acceptors (Lipinski definition) is 3. The van der Waals surface area contributed by atoms with Crippen LogP contribution < -0.4 is 4.90 Å². The molecule has 4 heteroatoms. The van der Waals surface area contributed by atoms with Crippen molar-refractivity contribution in [1.29, 1.82) is 0 Å². The molecule has 1 aliphatic carbocycles. The van der Waals surface area contributed by atoms with Crippen molar-refractivity contribution in [2.24, 2.45) is 5.92 Å². The summed E-state index contributed by atoms with van der Waals surface area (Å²) in [5.41, 5.74) is 0. The molecule has 3 nitrogen and oxygen atoms in total. The largest absolute Gasteiger partial charge is 0.356 e. The third-order valence-electron chi connectivity index (χ3n) is 3.19. The molecule has 0 aliphatic heterocycles. The molecule has 0 atom stereocenters. The molecule has 1 fully saturated rings. The Morgan fingerprint density at radius 3 is 2.67 bits per heavy atom. The van der Waals surface area contributed by atoms with Gasteiger partial charge in [0, 0.05) is 25.6 Å². The van der Waals surface area contributed by atoms with Gasteiger partial charge in [0.05, 0.1) is 0 Å². The molecule has 100 valence electrons. The number of anilines is 1. The predicted octanol–water partition coefficient (Wildman–Crippen LogP) is 3.82. The van der Waals surface area contributed by atoms with Gasteiger partial charge in [-0.3, -0.25) is 0 Å². The maximum Gasteiger partial charge on any atom is 0.133 e. The van der Waals surface area contributed by atoms with Crippen molar-refractivity contribution in [3.05, 3.63) is 16.5 Å². The van der Waals surface area contributed by atoms with Gasteiger partial charge in [0.25, 0.3) is 0 Å². The summed E-state index contributed by atoms with van der Waals surface area (Å²) in [6, 6.07) is 2.05. The summed E-state index contributed by atoms with van der Waals surface area (Å²) in [5.74, 6) is 2.94. The highest BCUT2D eigenvalue weighted by Crippen LogP contribution is 2.31. The normalized spacial score (nSPS) is 14.8. The molecule has 18 heavy (non-hydrogen) atoms. The van der Waals surface area contributed by atoms with Gasteiger partial charge >= 0.3 is 0 Å². The number of aromatic nitrogens is 2. The lowest BCUT2D eigenvalue weighted by molar-refractivity contribution is 0.691. The second-order valence-electron chi connectivity index (χ2n) is 5.10. The third-order valence-corrected chi connectivity index (χ3v) is 3.60. The predicted molar refractivity (Wildman–Crippen MR) is 79.0 cm³/mol. The van der Waals surface area contributed by atoms with E-state index >= 15 is 0 Å². The molecule has 1 aromatic rings. The Balaban J connectivity index is 2.15. The van der Waals surface area contributed by atoms with Gasteiger partial charge in [0.1, 0.15) is 16.2 Å². The van der Waals surface area contributed by atoms with E-state index in [4.69, 9.17) is 4.98 Å². The van der Waals surface area contributed by atoms with Crippen LogP contribution in [0.4, 0.5) is 5.82 Å². The van der Waals surface area contributed by atoms with E-state index in [9.17, 15) is 0 Å². The van der Waals surface area contributed by atoms with Crippen molar-refractivity contribution in [2.75, 3.05) is 18.0 Å². The van der Waals surface area contributed by atoms with Gasteiger partial charge in [-0.1, -0.05) is 13.8 Å². The zero-order valence-corrected chi connectivity index (χ0v) is 12.9. The van der Waals surface area contributed by atoms with E-state index in [2.05, 4.69) is 45.7 Å². The van der Waals surface area contributed by atoms with Crippen molar-refractivity contribution < 1.29 is 0 Å². The van der Waals surface area contributed by atoms with Crippen LogP contribution in [0, 0.1) is 5.92 Å². The molecule has 0 N–H and O–H groups in total. The van der Waals surface area contributed by atoms with E-state index in [1.807, 2.05) is 0 Å². The first-order valence-corrected chi connectivity index (χ1v) is 7.80. The molecule has 0 bridgehead atoms. The van der Waals surface area contributed by atoms with Gasteiger partial charge in [0.15, 0.2) is 0 Å². The van der Waals surface area contributed by atoms with Crippen LogP contribution in [-0.4, -0.2) is 23.1 Å². The average Bonchev–Trinajstić information content (AvgIpc) is 3.12. The lowest BCUT2D eigenvalue weighted by Crippen LogP contribution is -2.27. The van der Waals surface area contributed by atoms with E-state index in [-0.39, 0.29) is 0 Å². The lowest BCUT2D eigenvalue weighted by atomic mass is 10.3. The summed E-state index contributed by atoms with van der Waals surface area (Å²) in [5, 5.41) is 0. The molecule has 1 saturated carbocycles. The van der Waals surface area contributed by atoms with Crippen molar-refractivity contribution in [3.63, 3.8) is 0 Å². The van der Waals surface area contributed by atoms with Crippen LogP contribution in [0.1, 0.15) is 45.4 Å². The summed E-state index contributed by atoms with van der Waals surface area (Å²) in [6.45, 7) is 6.63. The summed E-state index contributed by atoms with van der Waals surface area (Å²) in [6.07, 6.45) is 5.97. The Bertz CT molecular complexity index is 391. The van der Waals surface area contributed by atoms with E-state index in [0.717, 1.165) is 54.5 Å². The van der Waals surface area contributed by atoms with Gasteiger partial charge < -0.3 is 4.90 Å². The fraction of sp³-hybridized carbons (Fsp3) is 0.714. The maximum absolute atomic E-state index is 4.71. The quantitative estimate of drug-likeness (QED) is 0.717. The molecule has 0 saturated heterocycles. The van der Waals surface area contributed by atoms with Crippen LogP contribution in [0.3, 0.4) is 0 Å². The summed E-state index contributed by atoms with van der Waals surface area (Å²) < 4.78 is 0.910. The SMILES string of the molecule is CCCc1nc(Br)cc(N(CCC)CC2CC2)n1. The highest BCUT2D eigenvalue weighted by molar-refractivity contribution is 9.10. The van der Waals surface area contributed by atoms with E-state index in [1.165, 1.54) is 12.8 Å². The van der Waals surface area contributed by atoms with Crippen molar-refractivity contribution in [3.8, 4) is 0 Å². The molecule has 0 radical (unpaired) electrons. The highest BCUT2D eigenvalue weighted by Gasteiger charge is 2.25. The maximum atomic E-state index is 4.71. The van der Waals surface area contributed by atoms with Gasteiger partial charge in [0.2, 0.25) is 0 Å². The molecule has 0 amide bonds. The van der Waals surface area contributed by atoms with Crippen molar-refractivity contribution >= 4 is 21.7 Å². The minimum Gasteiger partial charge on any atom is -0.356 e. The number of aryl methyl sites for hydroxylation is 1. The second-order valence-corrected chi connectivity index (χ2v) is 5.92.